The van der Waals surface area contributed by atoms with Crippen LogP contribution < -0.4 is 24.7 Å². The molecule has 39 heavy (non-hydrogen) atoms. The number of ether oxygens (including phenoxy) is 2. The number of hydrogen-bond donors (Lipinski definition) is 1. The number of anilines is 2. The predicted molar refractivity (Wildman–Crippen MR) is 150 cm³/mol. The molecule has 0 bridgehead atoms. The van der Waals surface area contributed by atoms with E-state index in [1.54, 1.807) is 42.9 Å². The number of sulfonamides is 1. The quantitative estimate of drug-likeness (QED) is 0.326. The first-order valence-corrected chi connectivity index (χ1v) is 13.5. The second-order valence-corrected chi connectivity index (χ2v) is 10.8. The smallest absolute Gasteiger partial charge is 0.295 e. The third-order valence-electron chi connectivity index (χ3n) is 6.16. The molecular formula is C27H27ClN4O6S. The van der Waals surface area contributed by atoms with E-state index in [2.05, 4.69) is 5.32 Å². The maximum atomic E-state index is 13.8. The lowest BCUT2D eigenvalue weighted by Gasteiger charge is -2.24. The highest BCUT2D eigenvalue weighted by molar-refractivity contribution is 7.92. The number of para-hydroxylation sites is 1. The van der Waals surface area contributed by atoms with Gasteiger partial charge in [-0.2, -0.15) is 0 Å². The fourth-order valence-corrected chi connectivity index (χ4v) is 5.61. The molecule has 10 nitrogen and oxygen atoms in total. The zero-order valence-corrected chi connectivity index (χ0v) is 23.3. The van der Waals surface area contributed by atoms with Gasteiger partial charge in [0, 0.05) is 18.1 Å². The Hall–Kier alpha value is -4.22. The second kappa shape index (κ2) is 11.3. The van der Waals surface area contributed by atoms with Crippen molar-refractivity contribution in [3.05, 3.63) is 93.9 Å². The summed E-state index contributed by atoms with van der Waals surface area (Å²) in [5.74, 6) is -0.151. The molecule has 0 unspecified atom stereocenters. The summed E-state index contributed by atoms with van der Waals surface area (Å²) in [4.78, 5) is 26.4. The van der Waals surface area contributed by atoms with Crippen LogP contribution in [0.3, 0.4) is 0 Å². The number of carbonyl (C=O) groups excluding carboxylic acids is 1. The van der Waals surface area contributed by atoms with Gasteiger partial charge < -0.3 is 14.8 Å². The molecule has 0 spiro atoms. The molecule has 1 aromatic heterocycles. The lowest BCUT2D eigenvalue weighted by Crippen LogP contribution is -2.38. The van der Waals surface area contributed by atoms with Crippen LogP contribution in [0.2, 0.25) is 5.02 Å². The van der Waals surface area contributed by atoms with Gasteiger partial charge in [-0.25, -0.2) is 13.1 Å². The van der Waals surface area contributed by atoms with Crippen molar-refractivity contribution in [2.75, 3.05) is 30.4 Å². The maximum absolute atomic E-state index is 13.8. The van der Waals surface area contributed by atoms with E-state index >= 15 is 0 Å². The van der Waals surface area contributed by atoms with Crippen LogP contribution in [-0.2, 0) is 21.9 Å². The Balaban J connectivity index is 1.71. The Kier molecular flexibility index (Phi) is 8.03. The number of hydrogen-bond acceptors (Lipinski definition) is 6. The fourth-order valence-electron chi connectivity index (χ4n) is 4.05. The number of benzene rings is 3. The van der Waals surface area contributed by atoms with E-state index in [-0.39, 0.29) is 22.0 Å². The van der Waals surface area contributed by atoms with Crippen LogP contribution in [0.5, 0.6) is 11.5 Å². The van der Waals surface area contributed by atoms with Gasteiger partial charge in [0.2, 0.25) is 5.91 Å². The maximum Gasteiger partial charge on any atom is 0.295 e. The molecule has 0 saturated carbocycles. The average molecular weight is 571 g/mol. The minimum absolute atomic E-state index is 0.0472. The Morgan fingerprint density at radius 1 is 0.974 bits per heavy atom. The van der Waals surface area contributed by atoms with Crippen molar-refractivity contribution in [1.82, 2.24) is 9.36 Å². The molecule has 1 amide bonds. The number of amides is 1. The van der Waals surface area contributed by atoms with Crippen molar-refractivity contribution in [1.29, 1.82) is 0 Å². The molecule has 0 radical (unpaired) electrons. The van der Waals surface area contributed by atoms with Crippen molar-refractivity contribution in [3.8, 4) is 17.2 Å². The van der Waals surface area contributed by atoms with Crippen LogP contribution in [0, 0.1) is 6.92 Å². The van der Waals surface area contributed by atoms with Gasteiger partial charge in [-0.1, -0.05) is 29.8 Å². The molecule has 4 aromatic rings. The molecule has 0 atom stereocenters. The molecule has 0 aliphatic rings. The lowest BCUT2D eigenvalue weighted by atomic mass is 10.3. The number of nitrogens with one attached hydrogen (secondary N) is 1. The minimum atomic E-state index is -4.27. The lowest BCUT2D eigenvalue weighted by molar-refractivity contribution is -0.114. The summed E-state index contributed by atoms with van der Waals surface area (Å²) in [5.41, 5.74) is 0.919. The van der Waals surface area contributed by atoms with Gasteiger partial charge in [0.25, 0.3) is 15.6 Å². The largest absolute Gasteiger partial charge is 0.493 e. The van der Waals surface area contributed by atoms with E-state index < -0.39 is 28.0 Å². The highest BCUT2D eigenvalue weighted by Crippen LogP contribution is 2.32. The molecule has 0 saturated heterocycles. The highest BCUT2D eigenvalue weighted by Gasteiger charge is 2.29. The number of aromatic nitrogens is 2. The van der Waals surface area contributed by atoms with Gasteiger partial charge in [0.1, 0.15) is 12.2 Å². The molecule has 204 valence electrons. The van der Waals surface area contributed by atoms with Crippen molar-refractivity contribution < 1.29 is 22.7 Å². The molecule has 4 rings (SSSR count). The van der Waals surface area contributed by atoms with Crippen molar-refractivity contribution in [3.63, 3.8) is 0 Å². The number of halogens is 1. The third-order valence-corrected chi connectivity index (χ3v) is 8.19. The average Bonchev–Trinajstić information content (AvgIpc) is 3.15. The van der Waals surface area contributed by atoms with Crippen LogP contribution in [0.15, 0.2) is 82.5 Å². The van der Waals surface area contributed by atoms with Crippen LogP contribution in [-0.4, -0.2) is 44.5 Å². The summed E-state index contributed by atoms with van der Waals surface area (Å²) in [7, 11) is 0.253. The third kappa shape index (κ3) is 5.50. The van der Waals surface area contributed by atoms with Crippen LogP contribution >= 0.6 is 11.6 Å². The molecule has 12 heteroatoms. The summed E-state index contributed by atoms with van der Waals surface area (Å²) >= 11 is 6.02. The first-order valence-electron chi connectivity index (χ1n) is 11.7. The van der Waals surface area contributed by atoms with Gasteiger partial charge in [-0.05, 0) is 55.5 Å². The van der Waals surface area contributed by atoms with E-state index in [1.165, 1.54) is 61.4 Å². The monoisotopic (exact) mass is 570 g/mol. The Bertz CT molecular complexity index is 1670. The van der Waals surface area contributed by atoms with E-state index in [0.717, 1.165) is 4.31 Å². The van der Waals surface area contributed by atoms with Crippen LogP contribution in [0.1, 0.15) is 5.69 Å². The van der Waals surface area contributed by atoms with Crippen LogP contribution in [0.25, 0.3) is 5.69 Å². The fraction of sp³-hybridized carbons (Fsp3) is 0.185. The van der Waals surface area contributed by atoms with E-state index in [0.29, 0.717) is 22.2 Å². The summed E-state index contributed by atoms with van der Waals surface area (Å²) in [6.07, 6.45) is 0. The van der Waals surface area contributed by atoms with Gasteiger partial charge in [0.15, 0.2) is 11.5 Å². The number of nitrogens with zero attached hydrogens (tertiary/aromatic N) is 3. The van der Waals surface area contributed by atoms with Crippen molar-refractivity contribution >= 4 is 38.9 Å². The SMILES string of the molecule is COc1ccc(S(=O)(=O)N(CC(=O)Nc2c(C)n(C)n(-c3ccccc3)c2=O)c2ccc(Cl)cc2)cc1OC. The van der Waals surface area contributed by atoms with Crippen LogP contribution in [0.4, 0.5) is 11.4 Å². The molecule has 1 N–H and O–H groups in total. The first-order chi connectivity index (χ1) is 18.6. The summed E-state index contributed by atoms with van der Waals surface area (Å²) in [6, 6.07) is 19.1. The first kappa shape index (κ1) is 27.8. The predicted octanol–water partition coefficient (Wildman–Crippen LogP) is 3.99. The summed E-state index contributed by atoms with van der Waals surface area (Å²) in [6.45, 7) is 1.07. The Morgan fingerprint density at radius 3 is 2.23 bits per heavy atom. The van der Waals surface area contributed by atoms with Crippen molar-refractivity contribution in [2.24, 2.45) is 7.05 Å². The zero-order valence-electron chi connectivity index (χ0n) is 21.7. The highest BCUT2D eigenvalue weighted by atomic mass is 35.5. The van der Waals surface area contributed by atoms with Gasteiger partial charge in [-0.3, -0.25) is 18.6 Å². The zero-order chi connectivity index (χ0) is 28.3. The number of methoxy groups -OCH3 is 2. The molecule has 3 aromatic carbocycles. The molecule has 0 fully saturated rings. The molecule has 0 aliphatic heterocycles. The standard InChI is InChI=1S/C27H27ClN4O6S/c1-18-26(27(34)32(30(18)2)21-8-6-5-7-9-21)29-25(33)17-31(20-12-10-19(28)11-13-20)39(35,36)22-14-15-23(37-3)24(16-22)38-4/h5-16H,17H2,1-4H3,(H,29,33). The molecule has 0 aliphatic carbocycles. The minimum Gasteiger partial charge on any atom is -0.493 e. The number of carbonyl (C=O) groups is 1. The van der Waals surface area contributed by atoms with Gasteiger partial charge in [0.05, 0.1) is 36.2 Å². The topological polar surface area (TPSA) is 112 Å². The number of rotatable bonds is 9. The van der Waals surface area contributed by atoms with E-state index in [1.807, 2.05) is 6.07 Å². The normalized spacial score (nSPS) is 11.2. The summed E-state index contributed by atoms with van der Waals surface area (Å²) in [5, 5.41) is 3.01. The van der Waals surface area contributed by atoms with Gasteiger partial charge >= 0.3 is 0 Å². The van der Waals surface area contributed by atoms with E-state index in [9.17, 15) is 18.0 Å². The van der Waals surface area contributed by atoms with Crippen molar-refractivity contribution in [2.45, 2.75) is 11.8 Å². The molecule has 1 heterocycles. The van der Waals surface area contributed by atoms with E-state index in [4.69, 9.17) is 21.1 Å². The van der Waals surface area contributed by atoms with Gasteiger partial charge in [-0.15, -0.1) is 0 Å². The molecular weight excluding hydrogens is 544 g/mol. The Labute approximate surface area is 231 Å². The summed E-state index contributed by atoms with van der Waals surface area (Å²) < 4.78 is 42.0. The Morgan fingerprint density at radius 2 is 1.62 bits per heavy atom. The second-order valence-electron chi connectivity index (χ2n) is 8.49.